The number of halogens is 1. The van der Waals surface area contributed by atoms with E-state index in [1.165, 1.54) is 25.7 Å². The molecular formula is C19H28ClN3O. The van der Waals surface area contributed by atoms with Crippen LogP contribution in [0.25, 0.3) is 0 Å². The van der Waals surface area contributed by atoms with Gasteiger partial charge in [0.15, 0.2) is 0 Å². The standard InChI is InChI=1S/C19H28ClN3O/c1-23(2)18(14-8-4-5-9-15(14)20)12-21-19(24)17-11-13-7-3-6-10-16(13)22-17/h4-5,8-9,13,16-18,22H,3,6-7,10-12H2,1-2H3,(H,21,24). The summed E-state index contributed by atoms with van der Waals surface area (Å²) < 4.78 is 0. The summed E-state index contributed by atoms with van der Waals surface area (Å²) in [5.41, 5.74) is 1.05. The Morgan fingerprint density at radius 3 is 2.79 bits per heavy atom. The molecule has 1 aliphatic heterocycles. The molecule has 0 spiro atoms. The highest BCUT2D eigenvalue weighted by Crippen LogP contribution is 2.33. The van der Waals surface area contributed by atoms with E-state index in [1.807, 2.05) is 38.4 Å². The number of carbonyl (C=O) groups excluding carboxylic acids is 1. The number of likely N-dealkylation sites (N-methyl/N-ethyl adjacent to an activating group) is 1. The van der Waals surface area contributed by atoms with Crippen LogP contribution in [0.2, 0.25) is 5.02 Å². The van der Waals surface area contributed by atoms with Crippen molar-refractivity contribution in [1.29, 1.82) is 0 Å². The minimum atomic E-state index is -0.0350. The third-order valence-corrected chi connectivity index (χ3v) is 5.88. The van der Waals surface area contributed by atoms with Crippen LogP contribution in [-0.4, -0.2) is 43.5 Å². The van der Waals surface area contributed by atoms with Gasteiger partial charge >= 0.3 is 0 Å². The highest BCUT2D eigenvalue weighted by atomic mass is 35.5. The number of carbonyl (C=O) groups is 1. The molecule has 1 aromatic rings. The van der Waals surface area contributed by atoms with Crippen molar-refractivity contribution in [1.82, 2.24) is 15.5 Å². The maximum Gasteiger partial charge on any atom is 0.237 e. The molecule has 0 bridgehead atoms. The van der Waals surface area contributed by atoms with E-state index < -0.39 is 0 Å². The minimum absolute atomic E-state index is 0.0350. The van der Waals surface area contributed by atoms with Crippen LogP contribution in [0.4, 0.5) is 0 Å². The van der Waals surface area contributed by atoms with Crippen LogP contribution >= 0.6 is 11.6 Å². The predicted octanol–water partition coefficient (Wildman–Crippen LogP) is 2.98. The highest BCUT2D eigenvalue weighted by molar-refractivity contribution is 6.31. The molecule has 1 aliphatic carbocycles. The first-order chi connectivity index (χ1) is 11.6. The molecule has 0 aromatic heterocycles. The van der Waals surface area contributed by atoms with Gasteiger partial charge in [0.05, 0.1) is 12.1 Å². The Morgan fingerprint density at radius 1 is 1.33 bits per heavy atom. The van der Waals surface area contributed by atoms with Crippen molar-refractivity contribution in [2.45, 2.75) is 50.2 Å². The lowest BCUT2D eigenvalue weighted by molar-refractivity contribution is -0.123. The smallest absolute Gasteiger partial charge is 0.237 e. The molecule has 1 amide bonds. The molecule has 1 saturated carbocycles. The summed E-state index contributed by atoms with van der Waals surface area (Å²) in [5.74, 6) is 0.811. The van der Waals surface area contributed by atoms with Crippen molar-refractivity contribution in [3.8, 4) is 0 Å². The molecule has 24 heavy (non-hydrogen) atoms. The topological polar surface area (TPSA) is 44.4 Å². The van der Waals surface area contributed by atoms with Crippen LogP contribution < -0.4 is 10.6 Å². The second-order valence-electron chi connectivity index (χ2n) is 7.35. The number of amides is 1. The predicted molar refractivity (Wildman–Crippen MR) is 98.2 cm³/mol. The first-order valence-electron chi connectivity index (χ1n) is 9.01. The number of fused-ring (bicyclic) bond motifs is 1. The largest absolute Gasteiger partial charge is 0.353 e. The molecule has 1 saturated heterocycles. The van der Waals surface area contributed by atoms with Gasteiger partial charge in [0.25, 0.3) is 0 Å². The molecule has 2 N–H and O–H groups in total. The van der Waals surface area contributed by atoms with Crippen LogP contribution in [0.3, 0.4) is 0 Å². The number of benzene rings is 1. The van der Waals surface area contributed by atoms with E-state index in [0.29, 0.717) is 18.5 Å². The van der Waals surface area contributed by atoms with Crippen molar-refractivity contribution in [3.05, 3.63) is 34.9 Å². The molecule has 1 aromatic carbocycles. The normalized spacial score (nSPS) is 27.8. The van der Waals surface area contributed by atoms with Gasteiger partial charge in [0.2, 0.25) is 5.91 Å². The molecule has 3 rings (SSSR count). The maximum absolute atomic E-state index is 12.6. The van der Waals surface area contributed by atoms with E-state index in [4.69, 9.17) is 11.6 Å². The Kier molecular flexibility index (Phi) is 5.80. The first kappa shape index (κ1) is 17.7. The molecule has 4 unspecified atom stereocenters. The zero-order chi connectivity index (χ0) is 17.1. The molecule has 2 aliphatic rings. The van der Waals surface area contributed by atoms with Gasteiger partial charge in [0.1, 0.15) is 0 Å². The lowest BCUT2D eigenvalue weighted by Crippen LogP contribution is -2.45. The van der Waals surface area contributed by atoms with Crippen molar-refractivity contribution in [2.75, 3.05) is 20.6 Å². The SMILES string of the molecule is CN(C)C(CNC(=O)C1CC2CCCCC2N1)c1ccccc1Cl. The van der Waals surface area contributed by atoms with Gasteiger partial charge in [-0.3, -0.25) is 4.79 Å². The Hall–Kier alpha value is -1.10. The first-order valence-corrected chi connectivity index (χ1v) is 9.38. The molecule has 4 nitrogen and oxygen atoms in total. The fourth-order valence-corrected chi connectivity index (χ4v) is 4.42. The second-order valence-corrected chi connectivity index (χ2v) is 7.76. The average molecular weight is 350 g/mol. The minimum Gasteiger partial charge on any atom is -0.353 e. The quantitative estimate of drug-likeness (QED) is 0.859. The van der Waals surface area contributed by atoms with E-state index in [9.17, 15) is 4.79 Å². The van der Waals surface area contributed by atoms with Crippen LogP contribution in [0.1, 0.15) is 43.7 Å². The van der Waals surface area contributed by atoms with E-state index in [0.717, 1.165) is 17.0 Å². The number of nitrogens with zero attached hydrogens (tertiary/aromatic N) is 1. The fraction of sp³-hybridized carbons (Fsp3) is 0.632. The third-order valence-electron chi connectivity index (χ3n) is 5.54. The van der Waals surface area contributed by atoms with Gasteiger partial charge in [-0.25, -0.2) is 0 Å². The van der Waals surface area contributed by atoms with Crippen LogP contribution in [0.5, 0.6) is 0 Å². The molecule has 5 heteroatoms. The summed E-state index contributed by atoms with van der Waals surface area (Å²) in [7, 11) is 4.03. The summed E-state index contributed by atoms with van der Waals surface area (Å²) in [6, 6.07) is 8.44. The second kappa shape index (κ2) is 7.85. The van der Waals surface area contributed by atoms with Gasteiger partial charge < -0.3 is 15.5 Å². The van der Waals surface area contributed by atoms with E-state index in [2.05, 4.69) is 15.5 Å². The van der Waals surface area contributed by atoms with Crippen molar-refractivity contribution in [3.63, 3.8) is 0 Å². The Balaban J connectivity index is 1.59. The summed E-state index contributed by atoms with van der Waals surface area (Å²) >= 11 is 6.34. The summed E-state index contributed by atoms with van der Waals surface area (Å²) in [5, 5.41) is 7.43. The van der Waals surface area contributed by atoms with E-state index >= 15 is 0 Å². The van der Waals surface area contributed by atoms with Crippen molar-refractivity contribution in [2.24, 2.45) is 5.92 Å². The number of nitrogens with one attached hydrogen (secondary N) is 2. The average Bonchev–Trinajstić information content (AvgIpc) is 3.00. The molecule has 4 atom stereocenters. The Labute approximate surface area is 149 Å². The fourth-order valence-electron chi connectivity index (χ4n) is 4.16. The number of rotatable bonds is 5. The maximum atomic E-state index is 12.6. The number of hydrogen-bond acceptors (Lipinski definition) is 3. The molecule has 0 radical (unpaired) electrons. The Morgan fingerprint density at radius 2 is 2.08 bits per heavy atom. The van der Waals surface area contributed by atoms with Crippen LogP contribution in [-0.2, 0) is 4.79 Å². The van der Waals surface area contributed by atoms with Crippen LogP contribution in [0, 0.1) is 5.92 Å². The number of hydrogen-bond donors (Lipinski definition) is 2. The van der Waals surface area contributed by atoms with Crippen LogP contribution in [0.15, 0.2) is 24.3 Å². The lowest BCUT2D eigenvalue weighted by Gasteiger charge is -2.26. The highest BCUT2D eigenvalue weighted by Gasteiger charge is 2.38. The van der Waals surface area contributed by atoms with E-state index in [1.54, 1.807) is 0 Å². The lowest BCUT2D eigenvalue weighted by atomic mass is 9.85. The molecule has 1 heterocycles. The van der Waals surface area contributed by atoms with Crippen molar-refractivity contribution >= 4 is 17.5 Å². The zero-order valence-electron chi connectivity index (χ0n) is 14.6. The molecule has 132 valence electrons. The summed E-state index contributed by atoms with van der Waals surface area (Å²) in [6.07, 6.45) is 6.06. The molecular weight excluding hydrogens is 322 g/mol. The van der Waals surface area contributed by atoms with Gasteiger partial charge in [-0.2, -0.15) is 0 Å². The summed E-state index contributed by atoms with van der Waals surface area (Å²) in [6.45, 7) is 0.572. The monoisotopic (exact) mass is 349 g/mol. The van der Waals surface area contributed by atoms with Gasteiger partial charge in [0, 0.05) is 17.6 Å². The molecule has 2 fully saturated rings. The Bertz CT molecular complexity index is 563. The van der Waals surface area contributed by atoms with Gasteiger partial charge in [-0.15, -0.1) is 0 Å². The summed E-state index contributed by atoms with van der Waals surface area (Å²) in [4.78, 5) is 14.7. The van der Waals surface area contributed by atoms with Crippen molar-refractivity contribution < 1.29 is 4.79 Å². The van der Waals surface area contributed by atoms with Gasteiger partial charge in [-0.1, -0.05) is 42.6 Å². The van der Waals surface area contributed by atoms with Gasteiger partial charge in [-0.05, 0) is 50.9 Å². The third kappa shape index (κ3) is 3.93. The zero-order valence-corrected chi connectivity index (χ0v) is 15.4. The van der Waals surface area contributed by atoms with E-state index in [-0.39, 0.29) is 18.0 Å².